The topological polar surface area (TPSA) is 110 Å². The first kappa shape index (κ1) is 39.9. The lowest BCUT2D eigenvalue weighted by Gasteiger charge is -2.42. The Morgan fingerprint density at radius 3 is 1.91 bits per heavy atom. The van der Waals surface area contributed by atoms with Gasteiger partial charge in [-0.3, -0.25) is 9.69 Å². The number of amides is 1. The van der Waals surface area contributed by atoms with Gasteiger partial charge < -0.3 is 24.0 Å². The number of benzene rings is 3. The van der Waals surface area contributed by atoms with E-state index in [1.54, 1.807) is 25.2 Å². The van der Waals surface area contributed by atoms with Crippen LogP contribution in [0.2, 0.25) is 10.0 Å². The molecule has 2 aliphatic heterocycles. The summed E-state index contributed by atoms with van der Waals surface area (Å²) in [6.07, 6.45) is -0.123. The van der Waals surface area contributed by atoms with Crippen LogP contribution in [0.3, 0.4) is 0 Å². The Morgan fingerprint density at radius 1 is 0.842 bits per heavy atom. The summed E-state index contributed by atoms with van der Waals surface area (Å²) in [5, 5.41) is 0.0901. The van der Waals surface area contributed by atoms with Gasteiger partial charge in [0.15, 0.2) is 11.6 Å². The lowest BCUT2D eigenvalue weighted by atomic mass is 10.00. The Morgan fingerprint density at radius 2 is 1.40 bits per heavy atom. The molecular weight excluding hydrogens is 777 g/mol. The van der Waals surface area contributed by atoms with E-state index in [0.29, 0.717) is 43.5 Å². The summed E-state index contributed by atoms with van der Waals surface area (Å²) in [7, 11) is 3.18. The van der Waals surface area contributed by atoms with Gasteiger partial charge in [0, 0.05) is 37.6 Å². The summed E-state index contributed by atoms with van der Waals surface area (Å²) in [6.45, 7) is 8.05. The normalized spacial score (nSPS) is 16.5. The molecule has 0 N–H and O–H groups in total. The lowest BCUT2D eigenvalue weighted by Crippen LogP contribution is -2.57. The predicted octanol–water partition coefficient (Wildman–Crippen LogP) is 9.29. The third kappa shape index (κ3) is 8.26. The molecule has 2 aromatic heterocycles. The first-order valence-electron chi connectivity index (χ1n) is 18.5. The van der Waals surface area contributed by atoms with Gasteiger partial charge in [-0.05, 0) is 82.0 Å². The Hall–Kier alpha value is -5.27. The highest BCUT2D eigenvalue weighted by molar-refractivity contribution is 6.37. The first-order chi connectivity index (χ1) is 27.1. The Kier molecular flexibility index (Phi) is 11.2. The van der Waals surface area contributed by atoms with Crippen LogP contribution >= 0.6 is 23.2 Å². The van der Waals surface area contributed by atoms with Crippen LogP contribution in [0.4, 0.5) is 25.2 Å². The summed E-state index contributed by atoms with van der Waals surface area (Å²) < 4.78 is 48.9. The average Bonchev–Trinajstić information content (AvgIpc) is 3.43. The number of methoxy groups -OCH3 is 2. The molecule has 2 atom stereocenters. The lowest BCUT2D eigenvalue weighted by molar-refractivity contribution is 0.0122. The molecule has 2 unspecified atom stereocenters. The number of nitrogens with zero attached hydrogens (tertiary/aromatic N) is 6. The molecule has 0 saturated carbocycles. The number of halogens is 4. The van der Waals surface area contributed by atoms with Crippen molar-refractivity contribution in [3.63, 3.8) is 0 Å². The number of hydrogen-bond acceptors (Lipinski definition) is 10. The van der Waals surface area contributed by atoms with E-state index in [0.717, 1.165) is 24.0 Å². The van der Waals surface area contributed by atoms with Gasteiger partial charge in [-0.25, -0.2) is 14.2 Å². The van der Waals surface area contributed by atoms with Crippen LogP contribution in [-0.4, -0.2) is 76.7 Å². The quantitative estimate of drug-likeness (QED) is 0.0999. The number of pyridine rings is 1. The number of anilines is 2. The monoisotopic (exact) mass is 818 g/mol. The van der Waals surface area contributed by atoms with Gasteiger partial charge in [-0.15, -0.1) is 0 Å². The second-order valence-corrected chi connectivity index (χ2v) is 16.0. The molecule has 7 rings (SSSR count). The Bertz CT molecular complexity index is 2280. The van der Waals surface area contributed by atoms with Gasteiger partial charge in [0.2, 0.25) is 0 Å². The zero-order chi connectivity index (χ0) is 40.8. The summed E-state index contributed by atoms with van der Waals surface area (Å²) >= 11 is 13.8. The number of carbonyl (C=O) groups is 2. The Balaban J connectivity index is 1.31. The number of rotatable bonds is 10. The van der Waals surface area contributed by atoms with Crippen LogP contribution in [-0.2, 0) is 17.8 Å². The second kappa shape index (κ2) is 15.9. The van der Waals surface area contributed by atoms with Gasteiger partial charge in [-0.1, -0.05) is 47.5 Å². The molecule has 5 aromatic rings. The number of ether oxygens (including phenoxy) is 3. The summed E-state index contributed by atoms with van der Waals surface area (Å²) in [4.78, 5) is 44.7. The first-order valence-corrected chi connectivity index (χ1v) is 19.2. The molecule has 298 valence electrons. The molecule has 2 fully saturated rings. The van der Waals surface area contributed by atoms with E-state index in [4.69, 9.17) is 42.4 Å². The van der Waals surface area contributed by atoms with Crippen molar-refractivity contribution in [1.29, 1.82) is 0 Å². The molecular formula is C42H42Cl2F2N6O5. The maximum atomic E-state index is 17.1. The van der Waals surface area contributed by atoms with Crippen LogP contribution in [0.1, 0.15) is 62.0 Å². The van der Waals surface area contributed by atoms with Crippen molar-refractivity contribution in [3.05, 3.63) is 99.3 Å². The van der Waals surface area contributed by atoms with Crippen molar-refractivity contribution in [2.24, 2.45) is 0 Å². The summed E-state index contributed by atoms with van der Waals surface area (Å²) in [6, 6.07) is 17.6. The molecule has 0 aliphatic carbocycles. The van der Waals surface area contributed by atoms with Crippen LogP contribution in [0.25, 0.3) is 22.2 Å². The highest BCUT2D eigenvalue weighted by Crippen LogP contribution is 2.43. The fourth-order valence-electron chi connectivity index (χ4n) is 7.60. The smallest absolute Gasteiger partial charge is 0.410 e. The van der Waals surface area contributed by atoms with Crippen LogP contribution in [0.5, 0.6) is 11.5 Å². The fraction of sp³-hybridized carbons (Fsp3) is 0.357. The molecule has 4 heterocycles. The van der Waals surface area contributed by atoms with E-state index < -0.39 is 29.4 Å². The number of piperazine rings is 1. The van der Waals surface area contributed by atoms with Crippen molar-refractivity contribution in [2.45, 2.75) is 71.3 Å². The predicted molar refractivity (Wildman–Crippen MR) is 216 cm³/mol. The highest BCUT2D eigenvalue weighted by Gasteiger charge is 2.45. The third-order valence-electron chi connectivity index (χ3n) is 10.2. The van der Waals surface area contributed by atoms with Gasteiger partial charge in [0.05, 0.1) is 53.2 Å². The number of carbonyl (C=O) groups excluding carboxylic acids is 2. The second-order valence-electron chi connectivity index (χ2n) is 15.2. The fourth-order valence-corrected chi connectivity index (χ4v) is 8.20. The summed E-state index contributed by atoms with van der Waals surface area (Å²) in [5.74, 6) is 0.382. The zero-order valence-electron chi connectivity index (χ0n) is 32.4. The third-order valence-corrected chi connectivity index (χ3v) is 10.8. The van der Waals surface area contributed by atoms with Crippen LogP contribution in [0, 0.1) is 11.9 Å². The number of aromatic nitrogens is 3. The van der Waals surface area contributed by atoms with Gasteiger partial charge >= 0.3 is 12.2 Å². The van der Waals surface area contributed by atoms with E-state index in [9.17, 15) is 9.59 Å². The van der Waals surface area contributed by atoms with Gasteiger partial charge in [0.1, 0.15) is 34.3 Å². The minimum absolute atomic E-state index is 0.0282. The summed E-state index contributed by atoms with van der Waals surface area (Å²) in [5.41, 5.74) is 0.379. The minimum atomic E-state index is -1.15. The molecule has 0 radical (unpaired) electrons. The molecule has 15 heteroatoms. The number of Topliss-reactive ketones (excluding diaryl/α,β-unsaturated/α-hetero) is 1. The van der Waals surface area contributed by atoms with E-state index in [-0.39, 0.29) is 55.7 Å². The molecule has 2 bridgehead atoms. The molecule has 2 saturated heterocycles. The van der Waals surface area contributed by atoms with E-state index >= 15 is 8.78 Å². The largest absolute Gasteiger partial charge is 0.497 e. The van der Waals surface area contributed by atoms with Crippen molar-refractivity contribution in [1.82, 2.24) is 19.9 Å². The molecule has 3 aromatic carbocycles. The van der Waals surface area contributed by atoms with Crippen molar-refractivity contribution in [3.8, 4) is 22.8 Å². The van der Waals surface area contributed by atoms with E-state index in [1.807, 2.05) is 79.1 Å². The molecule has 57 heavy (non-hydrogen) atoms. The maximum absolute atomic E-state index is 17.1. The number of fused-ring (bicyclic) bond motifs is 3. The Labute approximate surface area is 339 Å². The zero-order valence-corrected chi connectivity index (χ0v) is 33.9. The average molecular weight is 820 g/mol. The minimum Gasteiger partial charge on any atom is -0.497 e. The molecule has 11 nitrogen and oxygen atoms in total. The van der Waals surface area contributed by atoms with Crippen LogP contribution < -0.4 is 19.3 Å². The van der Waals surface area contributed by atoms with Crippen molar-refractivity contribution < 1.29 is 32.6 Å². The number of ketones is 1. The molecule has 2 aliphatic rings. The number of hydrogen-bond donors (Lipinski definition) is 0. The van der Waals surface area contributed by atoms with Crippen molar-refractivity contribution in [2.75, 3.05) is 37.1 Å². The standard InChI is InChI=1S/C42H42Cl2F2N6O5/c1-23(53)34-32(44)18-33(50(19-24-7-13-28(55-5)14-8-24)20-25-9-15-29(56-6)16-10-25)47-38(34)35-31(43)17-30-37(36(35)45)48-40(46)49-39(30)51-21-26-11-12-27(22-51)52(26)41(54)57-42(2,3)4/h7-10,13-18,26-27H,11-12,19-22H2,1-6H3. The SMILES string of the molecule is COc1ccc(CN(Cc2ccc(OC)cc2)c2cc(Cl)c(C(C)=O)c(-c3c(Cl)cc4c(N5CC6CCC(C5)N6C(=O)OC(C)(C)C)nc(F)nc4c3F)n2)cc1. The maximum Gasteiger partial charge on any atom is 0.410 e. The van der Waals surface area contributed by atoms with Gasteiger partial charge in [0.25, 0.3) is 0 Å². The van der Waals surface area contributed by atoms with Crippen molar-refractivity contribution >= 4 is 57.6 Å². The van der Waals surface area contributed by atoms with Gasteiger partial charge in [-0.2, -0.15) is 14.4 Å². The van der Waals surface area contributed by atoms with E-state index in [1.165, 1.54) is 13.0 Å². The van der Waals surface area contributed by atoms with E-state index in [2.05, 4.69) is 9.97 Å². The molecule has 0 spiro atoms. The van der Waals surface area contributed by atoms with Crippen LogP contribution in [0.15, 0.2) is 60.7 Å². The highest BCUT2D eigenvalue weighted by atomic mass is 35.5. The molecule has 1 amide bonds.